The third kappa shape index (κ3) is 1.13. The van der Waals surface area contributed by atoms with Crippen LogP contribution in [0.25, 0.3) is 10.9 Å². The number of H-pyrrole nitrogens is 1. The summed E-state index contributed by atoms with van der Waals surface area (Å²) in [6.07, 6.45) is 2.59. The minimum Gasteiger partial charge on any atom is -0.352 e. The van der Waals surface area contributed by atoms with E-state index in [0.29, 0.717) is 5.69 Å². The maximum Gasteiger partial charge on any atom is 0.166 e. The molecule has 0 saturated carbocycles. The monoisotopic (exact) mass is 174 g/mol. The number of aromatic amines is 1. The van der Waals surface area contributed by atoms with Gasteiger partial charge in [0.05, 0.1) is 11.2 Å². The highest BCUT2D eigenvalue weighted by Crippen LogP contribution is 2.18. The maximum atomic E-state index is 10.5. The fraction of sp³-hybridized carbons (Fsp3) is 0.200. The van der Waals surface area contributed by atoms with Crippen molar-refractivity contribution < 1.29 is 4.79 Å². The highest BCUT2D eigenvalue weighted by molar-refractivity contribution is 5.89. The molecule has 0 amide bonds. The number of carbonyl (C=O) groups is 1. The van der Waals surface area contributed by atoms with Gasteiger partial charge in [0.25, 0.3) is 0 Å². The Balaban J connectivity index is 2.83. The molecule has 0 aliphatic carbocycles. The standard InChI is InChI=1S/C10H10N2O/c1-6-7(2)11-4-8-3-9(5-13)12-10(6)8/h3-5,12H,1-2H3. The van der Waals surface area contributed by atoms with Crippen LogP contribution >= 0.6 is 0 Å². The van der Waals surface area contributed by atoms with Crippen molar-refractivity contribution in [3.8, 4) is 0 Å². The Hall–Kier alpha value is -1.64. The zero-order valence-electron chi connectivity index (χ0n) is 7.59. The molecule has 0 aromatic carbocycles. The molecule has 3 heteroatoms. The molecule has 0 spiro atoms. The van der Waals surface area contributed by atoms with Gasteiger partial charge >= 0.3 is 0 Å². The Morgan fingerprint density at radius 1 is 1.46 bits per heavy atom. The normalized spacial score (nSPS) is 10.6. The van der Waals surface area contributed by atoms with E-state index in [0.717, 1.165) is 28.4 Å². The number of hydrogen-bond donors (Lipinski definition) is 1. The number of aromatic nitrogens is 2. The second-order valence-electron chi connectivity index (χ2n) is 3.14. The van der Waals surface area contributed by atoms with Crippen LogP contribution in [0.1, 0.15) is 21.7 Å². The van der Waals surface area contributed by atoms with E-state index in [4.69, 9.17) is 0 Å². The first-order chi connectivity index (χ1) is 6.22. The van der Waals surface area contributed by atoms with Crippen LogP contribution in [0.3, 0.4) is 0 Å². The number of fused-ring (bicyclic) bond motifs is 1. The fourth-order valence-corrected chi connectivity index (χ4v) is 1.41. The van der Waals surface area contributed by atoms with Crippen LogP contribution in [0.5, 0.6) is 0 Å². The SMILES string of the molecule is Cc1ncc2cc(C=O)[nH]c2c1C. The highest BCUT2D eigenvalue weighted by atomic mass is 16.1. The van der Waals surface area contributed by atoms with Crippen molar-refractivity contribution in [3.63, 3.8) is 0 Å². The number of aryl methyl sites for hydroxylation is 2. The second-order valence-corrected chi connectivity index (χ2v) is 3.14. The molecule has 1 N–H and O–H groups in total. The van der Waals surface area contributed by atoms with Gasteiger partial charge in [-0.3, -0.25) is 9.78 Å². The van der Waals surface area contributed by atoms with Crippen LogP contribution < -0.4 is 0 Å². The van der Waals surface area contributed by atoms with Crippen molar-refractivity contribution in [2.24, 2.45) is 0 Å². The van der Waals surface area contributed by atoms with Gasteiger partial charge in [-0.25, -0.2) is 0 Å². The molecule has 0 fully saturated rings. The molecule has 0 atom stereocenters. The Morgan fingerprint density at radius 3 is 2.92 bits per heavy atom. The Bertz CT molecular complexity index is 471. The van der Waals surface area contributed by atoms with E-state index in [-0.39, 0.29) is 0 Å². The summed E-state index contributed by atoms with van der Waals surface area (Å²) in [5.41, 5.74) is 3.71. The molecule has 2 aromatic heterocycles. The molecule has 0 bridgehead atoms. The smallest absolute Gasteiger partial charge is 0.166 e. The molecular weight excluding hydrogens is 164 g/mol. The summed E-state index contributed by atoms with van der Waals surface area (Å²) in [5, 5.41) is 0.991. The van der Waals surface area contributed by atoms with Crippen LogP contribution in [0.2, 0.25) is 0 Å². The lowest BCUT2D eigenvalue weighted by atomic mass is 10.2. The summed E-state index contributed by atoms with van der Waals surface area (Å²) < 4.78 is 0. The van der Waals surface area contributed by atoms with Crippen LogP contribution in [0, 0.1) is 13.8 Å². The van der Waals surface area contributed by atoms with Crippen molar-refractivity contribution >= 4 is 17.2 Å². The van der Waals surface area contributed by atoms with Crippen molar-refractivity contribution in [2.45, 2.75) is 13.8 Å². The first-order valence-electron chi connectivity index (χ1n) is 4.12. The van der Waals surface area contributed by atoms with E-state index in [1.54, 1.807) is 6.20 Å². The minimum absolute atomic E-state index is 0.602. The number of pyridine rings is 1. The molecule has 0 aliphatic heterocycles. The average Bonchev–Trinajstić information content (AvgIpc) is 2.55. The van der Waals surface area contributed by atoms with Gasteiger partial charge in [0, 0.05) is 17.3 Å². The molecule has 0 saturated heterocycles. The third-order valence-electron chi connectivity index (χ3n) is 2.31. The van der Waals surface area contributed by atoms with E-state index >= 15 is 0 Å². The number of nitrogens with one attached hydrogen (secondary N) is 1. The summed E-state index contributed by atoms with van der Waals surface area (Å²) >= 11 is 0. The summed E-state index contributed by atoms with van der Waals surface area (Å²) in [6, 6.07) is 1.81. The first kappa shape index (κ1) is 7.98. The van der Waals surface area contributed by atoms with Gasteiger partial charge in [0.2, 0.25) is 0 Å². The number of aldehydes is 1. The Labute approximate surface area is 75.8 Å². The number of rotatable bonds is 1. The van der Waals surface area contributed by atoms with Crippen LogP contribution in [-0.2, 0) is 0 Å². The predicted molar refractivity (Wildman–Crippen MR) is 51.0 cm³/mol. The van der Waals surface area contributed by atoms with Crippen LogP contribution in [0.4, 0.5) is 0 Å². The average molecular weight is 174 g/mol. The largest absolute Gasteiger partial charge is 0.352 e. The maximum absolute atomic E-state index is 10.5. The lowest BCUT2D eigenvalue weighted by Gasteiger charge is -1.98. The number of carbonyl (C=O) groups excluding carboxylic acids is 1. The number of nitrogens with zero attached hydrogens (tertiary/aromatic N) is 1. The summed E-state index contributed by atoms with van der Waals surface area (Å²) in [6.45, 7) is 3.95. The summed E-state index contributed by atoms with van der Waals surface area (Å²) in [5.74, 6) is 0. The van der Waals surface area contributed by atoms with Gasteiger partial charge in [-0.2, -0.15) is 0 Å². The summed E-state index contributed by atoms with van der Waals surface area (Å²) in [4.78, 5) is 17.8. The van der Waals surface area contributed by atoms with E-state index in [1.807, 2.05) is 19.9 Å². The van der Waals surface area contributed by atoms with E-state index in [2.05, 4.69) is 9.97 Å². The van der Waals surface area contributed by atoms with Crippen molar-refractivity contribution in [1.82, 2.24) is 9.97 Å². The molecule has 0 aliphatic rings. The predicted octanol–water partition coefficient (Wildman–Crippen LogP) is 1.99. The summed E-state index contributed by atoms with van der Waals surface area (Å²) in [7, 11) is 0. The van der Waals surface area contributed by atoms with E-state index in [9.17, 15) is 4.79 Å². The van der Waals surface area contributed by atoms with Gasteiger partial charge in [0.1, 0.15) is 0 Å². The van der Waals surface area contributed by atoms with Crippen molar-refractivity contribution in [2.75, 3.05) is 0 Å². The quantitative estimate of drug-likeness (QED) is 0.672. The van der Waals surface area contributed by atoms with Gasteiger partial charge in [-0.1, -0.05) is 0 Å². The van der Waals surface area contributed by atoms with Crippen molar-refractivity contribution in [1.29, 1.82) is 0 Å². The Kier molecular flexibility index (Phi) is 1.65. The second kappa shape index (κ2) is 2.69. The topological polar surface area (TPSA) is 45.8 Å². The molecule has 13 heavy (non-hydrogen) atoms. The van der Waals surface area contributed by atoms with E-state index < -0.39 is 0 Å². The fourth-order valence-electron chi connectivity index (χ4n) is 1.41. The van der Waals surface area contributed by atoms with Gasteiger partial charge < -0.3 is 4.98 Å². The molecule has 0 unspecified atom stereocenters. The van der Waals surface area contributed by atoms with Crippen LogP contribution in [-0.4, -0.2) is 16.3 Å². The molecule has 3 nitrogen and oxygen atoms in total. The highest BCUT2D eigenvalue weighted by Gasteiger charge is 2.04. The van der Waals surface area contributed by atoms with Crippen LogP contribution in [0.15, 0.2) is 12.3 Å². The zero-order chi connectivity index (χ0) is 9.42. The molecular formula is C10H10N2O. The van der Waals surface area contributed by atoms with Gasteiger partial charge in [0.15, 0.2) is 6.29 Å². The molecule has 0 radical (unpaired) electrons. The molecule has 66 valence electrons. The third-order valence-corrected chi connectivity index (χ3v) is 2.31. The Morgan fingerprint density at radius 2 is 2.23 bits per heavy atom. The van der Waals surface area contributed by atoms with Gasteiger partial charge in [-0.15, -0.1) is 0 Å². The lowest BCUT2D eigenvalue weighted by Crippen LogP contribution is -1.86. The molecule has 2 heterocycles. The first-order valence-corrected chi connectivity index (χ1v) is 4.12. The number of hydrogen-bond acceptors (Lipinski definition) is 2. The molecule has 2 rings (SSSR count). The van der Waals surface area contributed by atoms with E-state index in [1.165, 1.54) is 0 Å². The van der Waals surface area contributed by atoms with Crippen molar-refractivity contribution in [3.05, 3.63) is 29.2 Å². The molecule has 2 aromatic rings. The van der Waals surface area contributed by atoms with Gasteiger partial charge in [-0.05, 0) is 25.5 Å². The minimum atomic E-state index is 0.602. The zero-order valence-corrected chi connectivity index (χ0v) is 7.59. The lowest BCUT2D eigenvalue weighted by molar-refractivity contribution is 0.112.